The molecule has 0 bridgehead atoms. The molecule has 0 aliphatic carbocycles. The van der Waals surface area contributed by atoms with Crippen LogP contribution in [0.15, 0.2) is 48.5 Å². The monoisotopic (exact) mass is 387 g/mol. The third kappa shape index (κ3) is 6.24. The molecule has 1 aliphatic rings. The maximum Gasteiger partial charge on any atom is 0.315 e. The van der Waals surface area contributed by atoms with Crippen LogP contribution in [0.1, 0.15) is 29.7 Å². The lowest BCUT2D eigenvalue weighted by atomic mass is 10.1. The van der Waals surface area contributed by atoms with Gasteiger partial charge in [0.25, 0.3) is 0 Å². The first-order valence-corrected chi connectivity index (χ1v) is 9.66. The molecule has 2 aromatic carbocycles. The first kappa shape index (κ1) is 19.7. The SMILES string of the molecule is CC(NC(=O)NCc1ccc(CN2CCOCC2)cc1)c1ccc(Cl)cc1. The van der Waals surface area contributed by atoms with Crippen LogP contribution in [0.4, 0.5) is 4.79 Å². The van der Waals surface area contributed by atoms with Gasteiger partial charge in [-0.1, -0.05) is 48.0 Å². The largest absolute Gasteiger partial charge is 0.379 e. The summed E-state index contributed by atoms with van der Waals surface area (Å²) in [6.45, 7) is 6.97. The number of halogens is 1. The van der Waals surface area contributed by atoms with Crippen LogP contribution in [-0.4, -0.2) is 37.2 Å². The molecule has 6 heteroatoms. The molecular weight excluding hydrogens is 362 g/mol. The van der Waals surface area contributed by atoms with E-state index in [2.05, 4.69) is 39.8 Å². The number of nitrogens with zero attached hydrogens (tertiary/aromatic N) is 1. The summed E-state index contributed by atoms with van der Waals surface area (Å²) in [5, 5.41) is 6.54. The van der Waals surface area contributed by atoms with Crippen LogP contribution in [-0.2, 0) is 17.8 Å². The molecule has 1 unspecified atom stereocenters. The molecule has 2 N–H and O–H groups in total. The maximum atomic E-state index is 12.1. The molecule has 0 aromatic heterocycles. The summed E-state index contributed by atoms with van der Waals surface area (Å²) in [5.41, 5.74) is 3.37. The summed E-state index contributed by atoms with van der Waals surface area (Å²) in [7, 11) is 0. The van der Waals surface area contributed by atoms with Gasteiger partial charge in [0.15, 0.2) is 0 Å². The van der Waals surface area contributed by atoms with Gasteiger partial charge in [-0.3, -0.25) is 4.90 Å². The molecule has 0 saturated carbocycles. The van der Waals surface area contributed by atoms with Crippen molar-refractivity contribution >= 4 is 17.6 Å². The third-order valence-electron chi connectivity index (χ3n) is 4.70. The minimum atomic E-state index is -0.185. The van der Waals surface area contributed by atoms with Gasteiger partial charge < -0.3 is 15.4 Å². The Morgan fingerprint density at radius 2 is 1.70 bits per heavy atom. The number of carbonyl (C=O) groups excluding carboxylic acids is 1. The topological polar surface area (TPSA) is 53.6 Å². The van der Waals surface area contributed by atoms with Crippen molar-refractivity contribution in [3.63, 3.8) is 0 Å². The van der Waals surface area contributed by atoms with Gasteiger partial charge in [-0.15, -0.1) is 0 Å². The molecule has 1 aliphatic heterocycles. The number of carbonyl (C=O) groups is 1. The molecule has 5 nitrogen and oxygen atoms in total. The first-order valence-electron chi connectivity index (χ1n) is 9.28. The number of ether oxygens (including phenoxy) is 1. The van der Waals surface area contributed by atoms with Gasteiger partial charge in [0.05, 0.1) is 19.3 Å². The lowest BCUT2D eigenvalue weighted by molar-refractivity contribution is 0.0342. The van der Waals surface area contributed by atoms with E-state index in [1.165, 1.54) is 5.56 Å². The number of morpholine rings is 1. The van der Waals surface area contributed by atoms with Gasteiger partial charge in [-0.2, -0.15) is 0 Å². The van der Waals surface area contributed by atoms with E-state index >= 15 is 0 Å². The molecule has 144 valence electrons. The van der Waals surface area contributed by atoms with Crippen molar-refractivity contribution in [2.45, 2.75) is 26.1 Å². The van der Waals surface area contributed by atoms with Crippen molar-refractivity contribution in [2.75, 3.05) is 26.3 Å². The van der Waals surface area contributed by atoms with Crippen LogP contribution < -0.4 is 10.6 Å². The van der Waals surface area contributed by atoms with Crippen LogP contribution >= 0.6 is 11.6 Å². The highest BCUT2D eigenvalue weighted by Crippen LogP contribution is 2.16. The van der Waals surface area contributed by atoms with E-state index in [0.717, 1.165) is 44.0 Å². The number of hydrogen-bond donors (Lipinski definition) is 2. The number of benzene rings is 2. The number of amides is 2. The Labute approximate surface area is 165 Å². The van der Waals surface area contributed by atoms with E-state index < -0.39 is 0 Å². The maximum absolute atomic E-state index is 12.1. The van der Waals surface area contributed by atoms with Gasteiger partial charge in [0.1, 0.15) is 0 Å². The fraction of sp³-hybridized carbons (Fsp3) is 0.381. The number of rotatable bonds is 6. The summed E-state index contributed by atoms with van der Waals surface area (Å²) < 4.78 is 5.38. The molecule has 2 aromatic rings. The van der Waals surface area contributed by atoms with Crippen molar-refractivity contribution in [1.82, 2.24) is 15.5 Å². The van der Waals surface area contributed by atoms with Crippen LogP contribution in [0.5, 0.6) is 0 Å². The minimum absolute atomic E-state index is 0.0850. The normalized spacial score (nSPS) is 15.9. The Morgan fingerprint density at radius 3 is 2.37 bits per heavy atom. The van der Waals surface area contributed by atoms with Crippen molar-refractivity contribution in [1.29, 1.82) is 0 Å². The van der Waals surface area contributed by atoms with E-state index in [1.54, 1.807) is 0 Å². The molecule has 1 heterocycles. The van der Waals surface area contributed by atoms with Crippen molar-refractivity contribution in [3.05, 3.63) is 70.2 Å². The van der Waals surface area contributed by atoms with Crippen LogP contribution in [0.2, 0.25) is 5.02 Å². The predicted molar refractivity (Wildman–Crippen MR) is 108 cm³/mol. The molecule has 0 spiro atoms. The van der Waals surface area contributed by atoms with Crippen LogP contribution in [0, 0.1) is 0 Å². The van der Waals surface area contributed by atoms with E-state index in [1.807, 2.05) is 31.2 Å². The van der Waals surface area contributed by atoms with Gasteiger partial charge in [-0.05, 0) is 35.7 Å². The van der Waals surface area contributed by atoms with Gasteiger partial charge in [0, 0.05) is 31.2 Å². The van der Waals surface area contributed by atoms with E-state index in [0.29, 0.717) is 11.6 Å². The fourth-order valence-corrected chi connectivity index (χ4v) is 3.17. The van der Waals surface area contributed by atoms with Crippen LogP contribution in [0.3, 0.4) is 0 Å². The summed E-state index contributed by atoms with van der Waals surface area (Å²) >= 11 is 5.90. The van der Waals surface area contributed by atoms with Gasteiger partial charge in [-0.25, -0.2) is 4.79 Å². The van der Waals surface area contributed by atoms with Crippen molar-refractivity contribution in [3.8, 4) is 0 Å². The van der Waals surface area contributed by atoms with Crippen molar-refractivity contribution < 1.29 is 9.53 Å². The predicted octanol–water partition coefficient (Wildman–Crippen LogP) is 3.73. The highest BCUT2D eigenvalue weighted by molar-refractivity contribution is 6.30. The second kappa shape index (κ2) is 9.74. The standard InChI is InChI=1S/C21H26ClN3O2/c1-16(19-6-8-20(22)9-7-19)24-21(26)23-14-17-2-4-18(5-3-17)15-25-10-12-27-13-11-25/h2-9,16H,10-15H2,1H3,(H2,23,24,26). The zero-order chi connectivity index (χ0) is 19.1. The van der Waals surface area contributed by atoms with E-state index in [9.17, 15) is 4.79 Å². The third-order valence-corrected chi connectivity index (χ3v) is 4.96. The first-order chi connectivity index (χ1) is 13.1. The molecule has 1 saturated heterocycles. The number of hydrogen-bond acceptors (Lipinski definition) is 3. The molecule has 0 radical (unpaired) electrons. The second-order valence-corrected chi connectivity index (χ2v) is 7.24. The van der Waals surface area contributed by atoms with Crippen LogP contribution in [0.25, 0.3) is 0 Å². The van der Waals surface area contributed by atoms with Gasteiger partial charge in [0.2, 0.25) is 0 Å². The lowest BCUT2D eigenvalue weighted by Crippen LogP contribution is -2.36. The highest BCUT2D eigenvalue weighted by Gasteiger charge is 2.11. The van der Waals surface area contributed by atoms with E-state index in [-0.39, 0.29) is 12.1 Å². The molecule has 1 atom stereocenters. The molecular formula is C21H26ClN3O2. The zero-order valence-electron chi connectivity index (χ0n) is 15.6. The summed E-state index contributed by atoms with van der Waals surface area (Å²) in [6.07, 6.45) is 0. The summed E-state index contributed by atoms with van der Waals surface area (Å²) in [4.78, 5) is 14.5. The second-order valence-electron chi connectivity index (χ2n) is 6.81. The summed E-state index contributed by atoms with van der Waals surface area (Å²) in [6, 6.07) is 15.6. The Hall–Kier alpha value is -2.08. The smallest absolute Gasteiger partial charge is 0.315 e. The van der Waals surface area contributed by atoms with Gasteiger partial charge >= 0.3 is 6.03 Å². The minimum Gasteiger partial charge on any atom is -0.379 e. The molecule has 27 heavy (non-hydrogen) atoms. The molecule has 2 amide bonds. The quantitative estimate of drug-likeness (QED) is 0.794. The summed E-state index contributed by atoms with van der Waals surface area (Å²) in [5.74, 6) is 0. The Morgan fingerprint density at radius 1 is 1.07 bits per heavy atom. The highest BCUT2D eigenvalue weighted by atomic mass is 35.5. The average molecular weight is 388 g/mol. The Kier molecular flexibility index (Phi) is 7.10. The molecule has 3 rings (SSSR count). The zero-order valence-corrected chi connectivity index (χ0v) is 16.3. The lowest BCUT2D eigenvalue weighted by Gasteiger charge is -2.26. The Balaban J connectivity index is 1.43. The van der Waals surface area contributed by atoms with Crippen molar-refractivity contribution in [2.24, 2.45) is 0 Å². The number of nitrogens with one attached hydrogen (secondary N) is 2. The fourth-order valence-electron chi connectivity index (χ4n) is 3.04. The molecule has 1 fully saturated rings. The average Bonchev–Trinajstić information content (AvgIpc) is 2.69. The number of urea groups is 1. The van der Waals surface area contributed by atoms with E-state index in [4.69, 9.17) is 16.3 Å². The Bertz CT molecular complexity index is 728.